The highest BCUT2D eigenvalue weighted by molar-refractivity contribution is 5.95. The predicted molar refractivity (Wildman–Crippen MR) is 103 cm³/mol. The molecule has 0 unspecified atom stereocenters. The van der Waals surface area contributed by atoms with Gasteiger partial charge in [-0.1, -0.05) is 23.8 Å². The van der Waals surface area contributed by atoms with Crippen molar-refractivity contribution >= 4 is 11.6 Å². The Balaban J connectivity index is 1.73. The second kappa shape index (κ2) is 6.60. The van der Waals surface area contributed by atoms with Crippen molar-refractivity contribution in [3.05, 3.63) is 77.0 Å². The molecule has 1 aromatic carbocycles. The molecule has 4 rings (SSSR count). The second-order valence-electron chi connectivity index (χ2n) is 6.54. The third kappa shape index (κ3) is 3.27. The molecule has 27 heavy (non-hydrogen) atoms. The molecule has 7 heteroatoms. The fourth-order valence-corrected chi connectivity index (χ4v) is 2.97. The van der Waals surface area contributed by atoms with Crippen LogP contribution in [0.15, 0.2) is 60.1 Å². The standard InChI is InChI=1S/C20H20N6O/c1-12-5-4-6-15(11-12)16-8-10-18-21-14(3)19(26(18)25-16)20(27)22-17-9-7-13(2)23-24-17/h4-11,23-24H,1-3H3,(H,22,27). The molecular formula is C20H20N6O. The van der Waals surface area contributed by atoms with Crippen LogP contribution in [0.1, 0.15) is 28.7 Å². The van der Waals surface area contributed by atoms with E-state index in [0.717, 1.165) is 22.5 Å². The Labute approximate surface area is 156 Å². The van der Waals surface area contributed by atoms with E-state index in [4.69, 9.17) is 0 Å². The average Bonchev–Trinajstić information content (AvgIpc) is 2.98. The average molecular weight is 360 g/mol. The third-order valence-corrected chi connectivity index (χ3v) is 4.32. The number of amides is 1. The number of nitrogens with zero attached hydrogens (tertiary/aromatic N) is 3. The molecule has 7 nitrogen and oxygen atoms in total. The van der Waals surface area contributed by atoms with Gasteiger partial charge in [0.2, 0.25) is 0 Å². The van der Waals surface area contributed by atoms with Crippen molar-refractivity contribution in [2.24, 2.45) is 0 Å². The highest BCUT2D eigenvalue weighted by atomic mass is 16.2. The zero-order valence-electron chi connectivity index (χ0n) is 15.4. The van der Waals surface area contributed by atoms with E-state index >= 15 is 0 Å². The minimum atomic E-state index is -0.276. The van der Waals surface area contributed by atoms with Crippen LogP contribution >= 0.6 is 0 Å². The number of aromatic nitrogens is 3. The summed E-state index contributed by atoms with van der Waals surface area (Å²) in [6.07, 6.45) is 3.68. The van der Waals surface area contributed by atoms with Gasteiger partial charge in [-0.2, -0.15) is 5.10 Å². The molecule has 0 radical (unpaired) electrons. The Morgan fingerprint density at radius 1 is 1.07 bits per heavy atom. The lowest BCUT2D eigenvalue weighted by atomic mass is 10.1. The van der Waals surface area contributed by atoms with E-state index in [1.807, 2.05) is 50.3 Å². The maximum absolute atomic E-state index is 12.9. The van der Waals surface area contributed by atoms with E-state index in [1.54, 1.807) is 17.5 Å². The van der Waals surface area contributed by atoms with E-state index in [0.29, 0.717) is 22.9 Å². The Kier molecular flexibility index (Phi) is 4.12. The number of hydrogen-bond donors (Lipinski definition) is 3. The smallest absolute Gasteiger partial charge is 0.277 e. The first-order valence-corrected chi connectivity index (χ1v) is 8.66. The van der Waals surface area contributed by atoms with Crippen molar-refractivity contribution in [1.82, 2.24) is 30.8 Å². The predicted octanol–water partition coefficient (Wildman–Crippen LogP) is 2.60. The van der Waals surface area contributed by atoms with Crippen molar-refractivity contribution in [3.8, 4) is 11.3 Å². The van der Waals surface area contributed by atoms with Crippen LogP contribution in [0.3, 0.4) is 0 Å². The number of hydrazine groups is 1. The molecule has 1 amide bonds. The number of rotatable bonds is 3. The maximum Gasteiger partial charge on any atom is 0.277 e. The minimum Gasteiger partial charge on any atom is -0.306 e. The van der Waals surface area contributed by atoms with Gasteiger partial charge in [0, 0.05) is 11.3 Å². The van der Waals surface area contributed by atoms with E-state index in [9.17, 15) is 4.79 Å². The van der Waals surface area contributed by atoms with Crippen LogP contribution in [0.25, 0.3) is 16.9 Å². The lowest BCUT2D eigenvalue weighted by Crippen LogP contribution is -2.40. The summed E-state index contributed by atoms with van der Waals surface area (Å²) < 4.78 is 1.60. The molecule has 0 atom stereocenters. The van der Waals surface area contributed by atoms with Gasteiger partial charge in [0.25, 0.3) is 5.91 Å². The first kappa shape index (κ1) is 16.8. The first-order valence-electron chi connectivity index (χ1n) is 8.66. The number of nitrogens with one attached hydrogen (secondary N) is 3. The summed E-state index contributed by atoms with van der Waals surface area (Å²) in [4.78, 5) is 17.3. The van der Waals surface area contributed by atoms with E-state index in [2.05, 4.69) is 32.3 Å². The minimum absolute atomic E-state index is 0.276. The highest BCUT2D eigenvalue weighted by Crippen LogP contribution is 2.20. The van der Waals surface area contributed by atoms with Crippen molar-refractivity contribution in [3.63, 3.8) is 0 Å². The fraction of sp³-hybridized carbons (Fsp3) is 0.150. The van der Waals surface area contributed by atoms with Crippen LogP contribution in [0.5, 0.6) is 0 Å². The summed E-state index contributed by atoms with van der Waals surface area (Å²) in [5, 5.41) is 7.51. The number of benzene rings is 1. The third-order valence-electron chi connectivity index (χ3n) is 4.32. The first-order chi connectivity index (χ1) is 13.0. The van der Waals surface area contributed by atoms with Gasteiger partial charge < -0.3 is 10.7 Å². The van der Waals surface area contributed by atoms with Gasteiger partial charge in [-0.15, -0.1) is 0 Å². The molecule has 0 fully saturated rings. The molecule has 3 heterocycles. The summed E-state index contributed by atoms with van der Waals surface area (Å²) >= 11 is 0. The summed E-state index contributed by atoms with van der Waals surface area (Å²) in [7, 11) is 0. The number of hydrogen-bond acceptors (Lipinski definition) is 5. The largest absolute Gasteiger partial charge is 0.306 e. The Morgan fingerprint density at radius 2 is 1.93 bits per heavy atom. The van der Waals surface area contributed by atoms with Gasteiger partial charge >= 0.3 is 0 Å². The Morgan fingerprint density at radius 3 is 2.67 bits per heavy atom. The number of carbonyl (C=O) groups is 1. The van der Waals surface area contributed by atoms with Crippen LogP contribution in [-0.2, 0) is 0 Å². The molecule has 2 aromatic heterocycles. The number of aryl methyl sites for hydroxylation is 2. The Hall–Kier alpha value is -3.61. The van der Waals surface area contributed by atoms with Gasteiger partial charge in [0.05, 0.1) is 11.4 Å². The highest BCUT2D eigenvalue weighted by Gasteiger charge is 2.19. The van der Waals surface area contributed by atoms with Gasteiger partial charge in [-0.05, 0) is 51.1 Å². The van der Waals surface area contributed by atoms with Crippen molar-refractivity contribution in [1.29, 1.82) is 0 Å². The van der Waals surface area contributed by atoms with Crippen LogP contribution in [0.2, 0.25) is 0 Å². The molecule has 0 saturated heterocycles. The normalized spacial score (nSPS) is 13.4. The molecule has 1 aliphatic heterocycles. The number of fused-ring (bicyclic) bond motifs is 1. The van der Waals surface area contributed by atoms with Gasteiger partial charge in [0.1, 0.15) is 5.82 Å². The molecule has 136 valence electrons. The molecule has 0 spiro atoms. The lowest BCUT2D eigenvalue weighted by Gasteiger charge is -2.17. The zero-order chi connectivity index (χ0) is 19.0. The molecular weight excluding hydrogens is 340 g/mol. The summed E-state index contributed by atoms with van der Waals surface area (Å²) in [6, 6.07) is 11.9. The van der Waals surface area contributed by atoms with E-state index < -0.39 is 0 Å². The van der Waals surface area contributed by atoms with Crippen LogP contribution in [0, 0.1) is 13.8 Å². The second-order valence-corrected chi connectivity index (χ2v) is 6.54. The number of carbonyl (C=O) groups excluding carboxylic acids is 1. The van der Waals surface area contributed by atoms with Crippen LogP contribution in [0.4, 0.5) is 0 Å². The number of imidazole rings is 1. The molecule has 3 aromatic rings. The summed E-state index contributed by atoms with van der Waals surface area (Å²) in [5.41, 5.74) is 11.5. The van der Waals surface area contributed by atoms with E-state index in [-0.39, 0.29) is 5.91 Å². The topological polar surface area (TPSA) is 83.4 Å². The monoisotopic (exact) mass is 360 g/mol. The molecule has 1 aliphatic rings. The summed E-state index contributed by atoms with van der Waals surface area (Å²) in [5.74, 6) is 0.289. The maximum atomic E-state index is 12.9. The van der Waals surface area contributed by atoms with Gasteiger partial charge in [-0.3, -0.25) is 10.2 Å². The molecule has 0 aliphatic carbocycles. The molecule has 3 N–H and O–H groups in total. The van der Waals surface area contributed by atoms with Crippen molar-refractivity contribution in [2.75, 3.05) is 0 Å². The summed E-state index contributed by atoms with van der Waals surface area (Å²) in [6.45, 7) is 5.77. The van der Waals surface area contributed by atoms with E-state index in [1.165, 1.54) is 0 Å². The number of allylic oxidation sites excluding steroid dienone is 3. The molecule has 0 bridgehead atoms. The van der Waals surface area contributed by atoms with Crippen molar-refractivity contribution < 1.29 is 4.79 Å². The SMILES string of the molecule is CC1=CC=C(NC(=O)c2c(C)nc3ccc(-c4cccc(C)c4)nn23)NN1. The molecule has 0 saturated carbocycles. The van der Waals surface area contributed by atoms with Crippen molar-refractivity contribution in [2.45, 2.75) is 20.8 Å². The Bertz CT molecular complexity index is 1110. The fourth-order valence-electron chi connectivity index (χ4n) is 2.97. The van der Waals surface area contributed by atoms with Gasteiger partial charge in [0.15, 0.2) is 11.3 Å². The zero-order valence-corrected chi connectivity index (χ0v) is 15.4. The van der Waals surface area contributed by atoms with Crippen LogP contribution < -0.4 is 16.2 Å². The quantitative estimate of drug-likeness (QED) is 0.669. The van der Waals surface area contributed by atoms with Crippen LogP contribution in [-0.4, -0.2) is 20.5 Å². The lowest BCUT2D eigenvalue weighted by molar-refractivity contribution is 0.0954. The van der Waals surface area contributed by atoms with Gasteiger partial charge in [-0.25, -0.2) is 9.50 Å².